The lowest BCUT2D eigenvalue weighted by Gasteiger charge is -2.10. The van der Waals surface area contributed by atoms with Gasteiger partial charge in [-0.3, -0.25) is 0 Å². The van der Waals surface area contributed by atoms with Crippen LogP contribution in [0.25, 0.3) is 0 Å². The Bertz CT molecular complexity index is 350. The van der Waals surface area contributed by atoms with Crippen LogP contribution in [0.15, 0.2) is 0 Å². The number of hydrogen-bond donors (Lipinski definition) is 2. The van der Waals surface area contributed by atoms with Crippen molar-refractivity contribution in [3.63, 3.8) is 0 Å². The Labute approximate surface area is 92.5 Å². The van der Waals surface area contributed by atoms with Gasteiger partial charge in [0, 0.05) is 19.9 Å². The SMILES string of the molecule is CNc1nn(C[NH+]2CCCC2)c(=S)s1. The van der Waals surface area contributed by atoms with Crippen molar-refractivity contribution in [2.45, 2.75) is 19.5 Å². The summed E-state index contributed by atoms with van der Waals surface area (Å²) in [6.07, 6.45) is 2.68. The van der Waals surface area contributed by atoms with Gasteiger partial charge in [0.05, 0.1) is 13.1 Å². The second-order valence-corrected chi connectivity index (χ2v) is 5.16. The average Bonchev–Trinajstić information content (AvgIpc) is 2.78. The van der Waals surface area contributed by atoms with Gasteiger partial charge in [-0.1, -0.05) is 11.3 Å². The summed E-state index contributed by atoms with van der Waals surface area (Å²) in [4.78, 5) is 1.59. The third kappa shape index (κ3) is 2.13. The number of hydrogen-bond acceptors (Lipinski definition) is 4. The number of likely N-dealkylation sites (tertiary alicyclic amines) is 1. The first-order valence-electron chi connectivity index (χ1n) is 4.89. The van der Waals surface area contributed by atoms with Gasteiger partial charge in [-0.25, -0.2) is 0 Å². The first kappa shape index (κ1) is 10.1. The van der Waals surface area contributed by atoms with Gasteiger partial charge >= 0.3 is 0 Å². The van der Waals surface area contributed by atoms with Crippen LogP contribution in [-0.2, 0) is 6.67 Å². The van der Waals surface area contributed by atoms with Crippen LogP contribution in [-0.4, -0.2) is 29.9 Å². The molecule has 4 nitrogen and oxygen atoms in total. The Kier molecular flexibility index (Phi) is 3.15. The van der Waals surface area contributed by atoms with Crippen molar-refractivity contribution in [3.8, 4) is 0 Å². The molecule has 1 aliphatic heterocycles. The van der Waals surface area contributed by atoms with E-state index < -0.39 is 0 Å². The van der Waals surface area contributed by atoms with Crippen LogP contribution in [0.4, 0.5) is 5.13 Å². The van der Waals surface area contributed by atoms with Gasteiger partial charge in [-0.15, -0.1) is 5.10 Å². The lowest BCUT2D eigenvalue weighted by Crippen LogP contribution is -3.09. The molecule has 0 bridgehead atoms. The summed E-state index contributed by atoms with van der Waals surface area (Å²) in [5, 5.41) is 8.33. The molecular formula is C8H15N4S2+. The average molecular weight is 231 g/mol. The van der Waals surface area contributed by atoms with E-state index >= 15 is 0 Å². The molecule has 0 atom stereocenters. The maximum absolute atomic E-state index is 5.24. The third-order valence-corrected chi connectivity index (χ3v) is 3.83. The summed E-state index contributed by atoms with van der Waals surface area (Å²) in [5.41, 5.74) is 0. The summed E-state index contributed by atoms with van der Waals surface area (Å²) in [7, 11) is 1.88. The number of quaternary nitrogens is 1. The largest absolute Gasteiger partial charge is 0.363 e. The minimum atomic E-state index is 0.869. The third-order valence-electron chi connectivity index (χ3n) is 2.50. The van der Waals surface area contributed by atoms with Crippen molar-refractivity contribution < 1.29 is 4.90 Å². The van der Waals surface area contributed by atoms with Gasteiger partial charge < -0.3 is 10.2 Å². The van der Waals surface area contributed by atoms with Crippen LogP contribution in [0.2, 0.25) is 0 Å². The van der Waals surface area contributed by atoms with Gasteiger partial charge in [0.1, 0.15) is 0 Å². The number of nitrogens with zero attached hydrogens (tertiary/aromatic N) is 2. The summed E-state index contributed by atoms with van der Waals surface area (Å²) in [6.45, 7) is 3.44. The molecule has 2 rings (SSSR count). The van der Waals surface area contributed by atoms with Crippen molar-refractivity contribution in [1.82, 2.24) is 9.78 Å². The minimum Gasteiger partial charge on any atom is -0.363 e. The topological polar surface area (TPSA) is 34.3 Å². The zero-order valence-corrected chi connectivity index (χ0v) is 9.88. The summed E-state index contributed by atoms with van der Waals surface area (Å²) >= 11 is 6.78. The highest BCUT2D eigenvalue weighted by Gasteiger charge is 2.16. The molecule has 0 saturated carbocycles. The van der Waals surface area contributed by atoms with E-state index in [9.17, 15) is 0 Å². The predicted molar refractivity (Wildman–Crippen MR) is 60.4 cm³/mol. The highest BCUT2D eigenvalue weighted by Crippen LogP contribution is 2.12. The van der Waals surface area contributed by atoms with Crippen molar-refractivity contribution in [1.29, 1.82) is 0 Å². The molecule has 78 valence electrons. The van der Waals surface area contributed by atoms with Crippen LogP contribution >= 0.6 is 23.6 Å². The van der Waals surface area contributed by atoms with E-state index in [1.807, 2.05) is 11.7 Å². The van der Waals surface area contributed by atoms with E-state index in [4.69, 9.17) is 12.2 Å². The Balaban J connectivity index is 2.07. The Hall–Kier alpha value is -0.460. The molecule has 14 heavy (non-hydrogen) atoms. The van der Waals surface area contributed by atoms with Gasteiger partial charge in [0.25, 0.3) is 0 Å². The fourth-order valence-electron chi connectivity index (χ4n) is 1.75. The lowest BCUT2D eigenvalue weighted by molar-refractivity contribution is -0.911. The number of aromatic nitrogens is 2. The predicted octanol–water partition coefficient (Wildman–Crippen LogP) is 0.352. The monoisotopic (exact) mass is 231 g/mol. The zero-order chi connectivity index (χ0) is 9.97. The first-order chi connectivity index (χ1) is 6.79. The van der Waals surface area contributed by atoms with Crippen LogP contribution in [0.1, 0.15) is 12.8 Å². The molecule has 0 radical (unpaired) electrons. The molecule has 1 aromatic rings. The second-order valence-electron chi connectivity index (χ2n) is 3.54. The smallest absolute Gasteiger partial charge is 0.204 e. The van der Waals surface area contributed by atoms with Crippen molar-refractivity contribution in [3.05, 3.63) is 3.95 Å². The van der Waals surface area contributed by atoms with Gasteiger partial charge in [-0.05, 0) is 12.2 Å². The Morgan fingerprint density at radius 1 is 1.57 bits per heavy atom. The zero-order valence-electron chi connectivity index (χ0n) is 8.25. The quantitative estimate of drug-likeness (QED) is 0.737. The maximum Gasteiger partial charge on any atom is 0.204 e. The normalized spacial score (nSPS) is 17.5. The van der Waals surface area contributed by atoms with Crippen LogP contribution in [0, 0.1) is 3.95 Å². The second kappa shape index (κ2) is 4.37. The van der Waals surface area contributed by atoms with Crippen molar-refractivity contribution >= 4 is 28.7 Å². The van der Waals surface area contributed by atoms with Crippen molar-refractivity contribution in [2.75, 3.05) is 25.5 Å². The van der Waals surface area contributed by atoms with Gasteiger partial charge in [-0.2, -0.15) is 4.68 Å². The fraction of sp³-hybridized carbons (Fsp3) is 0.750. The van der Waals surface area contributed by atoms with E-state index in [-0.39, 0.29) is 0 Å². The minimum absolute atomic E-state index is 0.869. The van der Waals surface area contributed by atoms with E-state index in [1.165, 1.54) is 37.3 Å². The van der Waals surface area contributed by atoms with E-state index in [2.05, 4.69) is 10.4 Å². The molecule has 2 heterocycles. The molecule has 1 aliphatic rings. The van der Waals surface area contributed by atoms with Gasteiger partial charge in [0.2, 0.25) is 5.13 Å². The number of anilines is 1. The van der Waals surface area contributed by atoms with E-state index in [0.29, 0.717) is 0 Å². The maximum atomic E-state index is 5.24. The van der Waals surface area contributed by atoms with Crippen LogP contribution < -0.4 is 10.2 Å². The molecule has 0 aliphatic carbocycles. The van der Waals surface area contributed by atoms with Gasteiger partial charge in [0.15, 0.2) is 10.6 Å². The molecular weight excluding hydrogens is 216 g/mol. The lowest BCUT2D eigenvalue weighted by atomic mass is 10.4. The fourth-order valence-corrected chi connectivity index (χ4v) is 2.71. The Morgan fingerprint density at radius 3 is 2.86 bits per heavy atom. The molecule has 2 N–H and O–H groups in total. The standard InChI is InChI=1S/C8H14N4S2/c1-9-7-10-12(8(13)14-7)6-11-4-2-3-5-11/h2-6H2,1H3,(H,9,10)/p+1. The van der Waals surface area contributed by atoms with E-state index in [0.717, 1.165) is 15.8 Å². The van der Waals surface area contributed by atoms with Crippen LogP contribution in [0.3, 0.4) is 0 Å². The summed E-state index contributed by atoms with van der Waals surface area (Å²) in [5.74, 6) is 0. The number of nitrogens with one attached hydrogen (secondary N) is 2. The highest BCUT2D eigenvalue weighted by atomic mass is 32.1. The molecule has 0 aromatic carbocycles. The first-order valence-corrected chi connectivity index (χ1v) is 6.11. The highest BCUT2D eigenvalue weighted by molar-refractivity contribution is 7.73. The van der Waals surface area contributed by atoms with E-state index in [1.54, 1.807) is 4.90 Å². The molecule has 0 amide bonds. The molecule has 6 heteroatoms. The van der Waals surface area contributed by atoms with Crippen molar-refractivity contribution in [2.24, 2.45) is 0 Å². The Morgan fingerprint density at radius 2 is 2.29 bits per heavy atom. The molecule has 1 fully saturated rings. The number of rotatable bonds is 3. The molecule has 0 spiro atoms. The molecule has 1 aromatic heterocycles. The molecule has 1 saturated heterocycles. The van der Waals surface area contributed by atoms with Crippen LogP contribution in [0.5, 0.6) is 0 Å². The summed E-state index contributed by atoms with van der Waals surface area (Å²) < 4.78 is 2.81. The molecule has 0 unspecified atom stereocenters. The summed E-state index contributed by atoms with van der Waals surface area (Å²) in [6, 6.07) is 0.